The molecule has 3 saturated heterocycles. The molecule has 3 aliphatic rings. The molecule has 67 heavy (non-hydrogen) atoms. The number of ketones is 1. The van der Waals surface area contributed by atoms with E-state index in [-0.39, 0.29) is 50.3 Å². The van der Waals surface area contributed by atoms with Crippen LogP contribution >= 0.6 is 0 Å². The third kappa shape index (κ3) is 12.5. The number of ether oxygens (including phenoxy) is 7. The predicted octanol–water partition coefficient (Wildman–Crippen LogP) is 4.04. The van der Waals surface area contributed by atoms with Crippen molar-refractivity contribution in [3.63, 3.8) is 0 Å². The SMILES string of the molecule is CO[C@]1(C)C[C@@H](C)C(=O)[C@H](C)[C@@H](O)[C@](C)(O)[C@@H](CCNC(=O)Cc2cccc(-c3ccco3)c2)OC(=O)[C@H](C)[C@@H](O[C@H]2C[C@@](C)(OC)[C@@H](O)[C@H](C)O2)[C@H](C)[C@H]1O[C@@H]1O[C@H](C)C[C@H](N(C)C)[C@H]1O. The number of likely N-dealkylation sites (N-methyl/N-ethyl adjacent to an activating group) is 1. The number of Topliss-reactive ketones (excluding diaryl/α,β-unsaturated/α-hetero) is 1. The quantitative estimate of drug-likeness (QED) is 0.179. The van der Waals surface area contributed by atoms with Gasteiger partial charge < -0.3 is 68.2 Å². The van der Waals surface area contributed by atoms with Crippen LogP contribution < -0.4 is 5.32 Å². The van der Waals surface area contributed by atoms with Crippen molar-refractivity contribution in [2.75, 3.05) is 34.9 Å². The number of furan rings is 1. The van der Waals surface area contributed by atoms with Gasteiger partial charge in [0.1, 0.15) is 35.5 Å². The van der Waals surface area contributed by atoms with E-state index in [1.807, 2.05) is 63.2 Å². The number of nitrogens with zero attached hydrogens (tertiary/aromatic N) is 1. The van der Waals surface area contributed by atoms with Crippen molar-refractivity contribution in [2.24, 2.45) is 23.7 Å². The van der Waals surface area contributed by atoms with Gasteiger partial charge >= 0.3 is 5.97 Å². The van der Waals surface area contributed by atoms with E-state index in [1.54, 1.807) is 46.9 Å². The van der Waals surface area contributed by atoms with Gasteiger partial charge in [-0.05, 0) is 92.2 Å². The van der Waals surface area contributed by atoms with Gasteiger partial charge in [-0.15, -0.1) is 0 Å². The summed E-state index contributed by atoms with van der Waals surface area (Å²) in [7, 11) is 6.71. The average Bonchev–Trinajstić information content (AvgIpc) is 3.83. The third-order valence-electron chi connectivity index (χ3n) is 14.7. The van der Waals surface area contributed by atoms with Crippen LogP contribution in [0.25, 0.3) is 11.3 Å². The Labute approximate surface area is 396 Å². The molecule has 3 fully saturated rings. The molecule has 0 radical (unpaired) electrons. The van der Waals surface area contributed by atoms with Crippen LogP contribution in [0.3, 0.4) is 0 Å². The lowest BCUT2D eigenvalue weighted by Crippen LogP contribution is -2.61. The lowest BCUT2D eigenvalue weighted by atomic mass is 9.73. The molecule has 4 heterocycles. The molecule has 0 bridgehead atoms. The first-order chi connectivity index (χ1) is 31.4. The van der Waals surface area contributed by atoms with Gasteiger partial charge in [0, 0.05) is 63.0 Å². The van der Waals surface area contributed by atoms with E-state index in [0.29, 0.717) is 12.2 Å². The number of benzene rings is 1. The second-order valence-electron chi connectivity index (χ2n) is 20.2. The molecule has 1 aromatic carbocycles. The fourth-order valence-electron chi connectivity index (χ4n) is 10.3. The van der Waals surface area contributed by atoms with Crippen molar-refractivity contribution in [1.82, 2.24) is 10.2 Å². The Morgan fingerprint density at radius 1 is 0.881 bits per heavy atom. The van der Waals surface area contributed by atoms with Crippen molar-refractivity contribution in [3.8, 4) is 11.3 Å². The summed E-state index contributed by atoms with van der Waals surface area (Å²) in [4.78, 5) is 44.4. The first-order valence-electron chi connectivity index (χ1n) is 23.7. The van der Waals surface area contributed by atoms with Gasteiger partial charge in [-0.2, -0.15) is 0 Å². The molecule has 2 aromatic rings. The minimum Gasteiger partial charge on any atom is -0.464 e. The molecule has 0 saturated carbocycles. The van der Waals surface area contributed by atoms with E-state index in [4.69, 9.17) is 37.6 Å². The zero-order chi connectivity index (χ0) is 49.8. The minimum absolute atomic E-state index is 0.0255. The minimum atomic E-state index is -2.19. The molecule has 17 nitrogen and oxygen atoms in total. The van der Waals surface area contributed by atoms with E-state index < -0.39 is 108 Å². The number of rotatable bonds is 13. The second kappa shape index (κ2) is 22.6. The van der Waals surface area contributed by atoms with Crippen molar-refractivity contribution >= 4 is 17.7 Å². The van der Waals surface area contributed by atoms with Crippen LogP contribution in [0.15, 0.2) is 47.1 Å². The van der Waals surface area contributed by atoms with E-state index in [1.165, 1.54) is 28.1 Å². The van der Waals surface area contributed by atoms with E-state index in [0.717, 1.165) is 11.1 Å². The number of methoxy groups -OCH3 is 2. The van der Waals surface area contributed by atoms with Gasteiger partial charge in [-0.1, -0.05) is 39.0 Å². The number of carbonyl (C=O) groups excluding carboxylic acids is 3. The first kappa shape index (κ1) is 54.6. The molecular weight excluding hydrogens is 869 g/mol. The number of amides is 1. The summed E-state index contributed by atoms with van der Waals surface area (Å²) in [5, 5.41) is 49.8. The number of carbonyl (C=O) groups is 3. The Hall–Kier alpha value is -3.33. The lowest BCUT2D eigenvalue weighted by molar-refractivity contribution is -0.319. The highest BCUT2D eigenvalue weighted by Crippen LogP contribution is 2.42. The molecule has 1 aromatic heterocycles. The monoisotopic (exact) mass is 947 g/mol. The van der Waals surface area contributed by atoms with Crippen LogP contribution in [0.1, 0.15) is 93.6 Å². The van der Waals surface area contributed by atoms with Crippen LogP contribution in [0, 0.1) is 23.7 Å². The number of esters is 1. The van der Waals surface area contributed by atoms with E-state index in [2.05, 4.69) is 5.32 Å². The summed E-state index contributed by atoms with van der Waals surface area (Å²) in [5.41, 5.74) is -3.07. The third-order valence-corrected chi connectivity index (χ3v) is 14.7. The smallest absolute Gasteiger partial charge is 0.311 e. The molecule has 18 atom stereocenters. The molecule has 5 rings (SSSR count). The maximum Gasteiger partial charge on any atom is 0.311 e. The van der Waals surface area contributed by atoms with Gasteiger partial charge in [0.05, 0.1) is 60.3 Å². The summed E-state index contributed by atoms with van der Waals surface area (Å²) >= 11 is 0. The number of hydrogen-bond acceptors (Lipinski definition) is 16. The van der Waals surface area contributed by atoms with Crippen molar-refractivity contribution in [2.45, 2.75) is 179 Å². The zero-order valence-corrected chi connectivity index (χ0v) is 41.7. The van der Waals surface area contributed by atoms with E-state index in [9.17, 15) is 34.8 Å². The topological polar surface area (TPSA) is 225 Å². The number of hydrogen-bond donors (Lipinski definition) is 5. The Morgan fingerprint density at radius 2 is 1.57 bits per heavy atom. The Morgan fingerprint density at radius 3 is 2.19 bits per heavy atom. The Balaban J connectivity index is 1.52. The van der Waals surface area contributed by atoms with Crippen LogP contribution in [0.5, 0.6) is 0 Å². The van der Waals surface area contributed by atoms with Gasteiger partial charge in [-0.3, -0.25) is 14.4 Å². The number of cyclic esters (lactones) is 1. The fourth-order valence-corrected chi connectivity index (χ4v) is 10.3. The maximum atomic E-state index is 14.8. The highest BCUT2D eigenvalue weighted by atomic mass is 16.7. The molecule has 0 spiro atoms. The van der Waals surface area contributed by atoms with Gasteiger partial charge in [-0.25, -0.2) is 0 Å². The molecular formula is C50H78N2O15. The fraction of sp³-hybridized carbons (Fsp3) is 0.740. The average molecular weight is 947 g/mol. The maximum absolute atomic E-state index is 14.8. The normalized spacial score (nSPS) is 40.5. The van der Waals surface area contributed by atoms with Crippen molar-refractivity contribution in [1.29, 1.82) is 0 Å². The van der Waals surface area contributed by atoms with Crippen LogP contribution in [0.4, 0.5) is 0 Å². The highest BCUT2D eigenvalue weighted by Gasteiger charge is 2.54. The molecule has 378 valence electrons. The van der Waals surface area contributed by atoms with Crippen LogP contribution in [-0.2, 0) is 54.0 Å². The first-order valence-corrected chi connectivity index (χ1v) is 23.7. The summed E-state index contributed by atoms with van der Waals surface area (Å²) in [6.45, 7) is 15.0. The second-order valence-corrected chi connectivity index (χ2v) is 20.2. The standard InChI is InChI=1S/C50H78N2O15/c1-27-25-49(8,61-13)45(67-47-41(55)35(52(10)11)22-28(2)63-47)30(4)42(66-39-26-48(7,60-12)44(57)32(6)64-39)31(5)46(58)65-37(50(9,59)43(56)29(3)40(27)54)19-20-51-38(53)24-33-16-14-17-34(23-33)36-18-15-21-62-36/h14-18,21,23,27-32,35,37,39,41-45,47,55-57,59H,19-20,22,24-26H2,1-13H3,(H,51,53)/t27-,28-,29+,30+,31-,32+,35+,37-,39+,41-,42+,43-,44+,45-,47+,48-,49-,50-/m1/s1. The summed E-state index contributed by atoms with van der Waals surface area (Å²) in [6, 6.07) is 10.7. The summed E-state index contributed by atoms with van der Waals surface area (Å²) in [6.07, 6.45) is -8.57. The summed E-state index contributed by atoms with van der Waals surface area (Å²) in [5.74, 6) is -4.79. The van der Waals surface area contributed by atoms with Crippen LogP contribution in [0.2, 0.25) is 0 Å². The lowest BCUT2D eigenvalue weighted by Gasteiger charge is -2.50. The molecule has 3 aliphatic heterocycles. The number of nitrogens with one attached hydrogen (secondary N) is 1. The summed E-state index contributed by atoms with van der Waals surface area (Å²) < 4.78 is 50.1. The number of aliphatic hydroxyl groups excluding tert-OH is 3. The highest BCUT2D eigenvalue weighted by molar-refractivity contribution is 5.83. The van der Waals surface area contributed by atoms with Crippen molar-refractivity contribution in [3.05, 3.63) is 48.2 Å². The van der Waals surface area contributed by atoms with Gasteiger partial charge in [0.15, 0.2) is 12.6 Å². The predicted molar refractivity (Wildman–Crippen MR) is 246 cm³/mol. The molecule has 5 N–H and O–H groups in total. The van der Waals surface area contributed by atoms with Crippen LogP contribution in [-0.4, -0.2) is 162 Å². The van der Waals surface area contributed by atoms with Crippen molar-refractivity contribution < 1.29 is 72.4 Å². The van der Waals surface area contributed by atoms with Gasteiger partial charge in [0.2, 0.25) is 5.91 Å². The molecule has 17 heteroatoms. The zero-order valence-electron chi connectivity index (χ0n) is 41.7. The molecule has 1 amide bonds. The molecule has 0 unspecified atom stereocenters. The van der Waals surface area contributed by atoms with Gasteiger partial charge in [0.25, 0.3) is 0 Å². The van der Waals surface area contributed by atoms with E-state index >= 15 is 0 Å². The Bertz CT molecular complexity index is 1930. The number of aliphatic hydroxyl groups is 4. The largest absolute Gasteiger partial charge is 0.464 e. The molecule has 0 aliphatic carbocycles. The Kier molecular flexibility index (Phi) is 18.4.